The number of thioether (sulfide) groups is 1. The molecule has 0 unspecified atom stereocenters. The van der Waals surface area contributed by atoms with E-state index in [1.54, 1.807) is 0 Å². The van der Waals surface area contributed by atoms with E-state index in [1.165, 1.54) is 11.8 Å². The van der Waals surface area contributed by atoms with E-state index >= 15 is 0 Å². The quantitative estimate of drug-likeness (QED) is 0.383. The third-order valence-corrected chi connectivity index (χ3v) is 5.44. The summed E-state index contributed by atoms with van der Waals surface area (Å²) in [7, 11) is 0. The van der Waals surface area contributed by atoms with Gasteiger partial charge in [0.25, 0.3) is 0 Å². The highest BCUT2D eigenvalue weighted by Gasteiger charge is 2.24. The third-order valence-electron chi connectivity index (χ3n) is 4.50. The lowest BCUT2D eigenvalue weighted by atomic mass is 9.96. The zero-order chi connectivity index (χ0) is 21.1. The van der Waals surface area contributed by atoms with E-state index in [2.05, 4.69) is 41.1 Å². The Labute approximate surface area is 180 Å². The standard InChI is InChI=1S/C23H23N5OS/c1-15(20-25-21(28-29-20)23(2,3)4)30-22-24-18(16-11-7-5-8-12-16)19(26-27-22)17-13-9-6-10-14-17/h5-15H,1-4H3/t15-/m0/s1. The summed E-state index contributed by atoms with van der Waals surface area (Å²) >= 11 is 1.45. The zero-order valence-corrected chi connectivity index (χ0v) is 18.2. The lowest BCUT2D eigenvalue weighted by molar-refractivity contribution is 0.364. The van der Waals surface area contributed by atoms with Crippen LogP contribution in [0, 0.1) is 0 Å². The van der Waals surface area contributed by atoms with Gasteiger partial charge in [-0.1, -0.05) is 98.4 Å². The van der Waals surface area contributed by atoms with Crippen molar-refractivity contribution in [3.05, 3.63) is 72.4 Å². The molecule has 2 aromatic carbocycles. The van der Waals surface area contributed by atoms with Gasteiger partial charge in [-0.25, -0.2) is 4.98 Å². The highest BCUT2D eigenvalue weighted by atomic mass is 32.2. The van der Waals surface area contributed by atoms with Crippen LogP contribution in [0.4, 0.5) is 0 Å². The molecule has 4 rings (SSSR count). The molecule has 1 atom stereocenters. The van der Waals surface area contributed by atoms with Crippen molar-refractivity contribution in [3.63, 3.8) is 0 Å². The molecule has 0 fully saturated rings. The summed E-state index contributed by atoms with van der Waals surface area (Å²) in [6.07, 6.45) is 0. The molecule has 0 aliphatic heterocycles. The SMILES string of the molecule is C[C@H](Sc1nnc(-c2ccccc2)c(-c2ccccc2)n1)c1nc(C(C)(C)C)no1. The Morgan fingerprint density at radius 3 is 1.97 bits per heavy atom. The summed E-state index contributed by atoms with van der Waals surface area (Å²) in [4.78, 5) is 9.39. The first kappa shape index (κ1) is 20.2. The number of hydrogen-bond acceptors (Lipinski definition) is 7. The van der Waals surface area contributed by atoms with Crippen molar-refractivity contribution in [3.8, 4) is 22.5 Å². The van der Waals surface area contributed by atoms with Crippen LogP contribution in [0.3, 0.4) is 0 Å². The summed E-state index contributed by atoms with van der Waals surface area (Å²) < 4.78 is 5.48. The predicted molar refractivity (Wildman–Crippen MR) is 118 cm³/mol. The fourth-order valence-electron chi connectivity index (χ4n) is 2.86. The molecule has 0 bridgehead atoms. The van der Waals surface area contributed by atoms with Crippen LogP contribution in [-0.4, -0.2) is 25.3 Å². The van der Waals surface area contributed by atoms with Crippen LogP contribution < -0.4 is 0 Å². The van der Waals surface area contributed by atoms with Crippen molar-refractivity contribution in [2.75, 3.05) is 0 Å². The molecule has 0 spiro atoms. The Hall–Kier alpha value is -3.06. The summed E-state index contributed by atoms with van der Waals surface area (Å²) in [5.41, 5.74) is 3.36. The molecule has 0 saturated carbocycles. The molecular weight excluding hydrogens is 394 g/mol. The molecular formula is C23H23N5OS. The Kier molecular flexibility index (Phi) is 5.63. The lowest BCUT2D eigenvalue weighted by Crippen LogP contribution is -2.13. The van der Waals surface area contributed by atoms with Crippen molar-refractivity contribution in [1.29, 1.82) is 0 Å². The maximum absolute atomic E-state index is 5.48. The van der Waals surface area contributed by atoms with Crippen LogP contribution in [0.1, 0.15) is 44.7 Å². The maximum Gasteiger partial charge on any atom is 0.239 e. The average Bonchev–Trinajstić information content (AvgIpc) is 3.26. The van der Waals surface area contributed by atoms with Crippen LogP contribution in [0.15, 0.2) is 70.3 Å². The largest absolute Gasteiger partial charge is 0.338 e. The minimum Gasteiger partial charge on any atom is -0.338 e. The van der Waals surface area contributed by atoms with E-state index in [9.17, 15) is 0 Å². The van der Waals surface area contributed by atoms with E-state index < -0.39 is 0 Å². The normalized spacial score (nSPS) is 12.7. The van der Waals surface area contributed by atoms with Gasteiger partial charge in [-0.3, -0.25) is 0 Å². The number of rotatable bonds is 5. The van der Waals surface area contributed by atoms with Gasteiger partial charge in [0.1, 0.15) is 11.4 Å². The van der Waals surface area contributed by atoms with Crippen molar-refractivity contribution in [1.82, 2.24) is 25.3 Å². The Bertz CT molecular complexity index is 1120. The fraction of sp³-hybridized carbons (Fsp3) is 0.261. The molecule has 6 nitrogen and oxygen atoms in total. The van der Waals surface area contributed by atoms with Crippen LogP contribution >= 0.6 is 11.8 Å². The molecule has 0 amide bonds. The second-order valence-electron chi connectivity index (χ2n) is 7.99. The summed E-state index contributed by atoms with van der Waals surface area (Å²) in [6, 6.07) is 20.0. The van der Waals surface area contributed by atoms with Gasteiger partial charge in [0, 0.05) is 16.5 Å². The minimum absolute atomic E-state index is 0.0957. The second-order valence-corrected chi connectivity index (χ2v) is 9.30. The van der Waals surface area contributed by atoms with Crippen molar-refractivity contribution >= 4 is 11.8 Å². The third kappa shape index (κ3) is 4.41. The number of aromatic nitrogens is 5. The van der Waals surface area contributed by atoms with Gasteiger partial charge >= 0.3 is 0 Å². The van der Waals surface area contributed by atoms with E-state index in [1.807, 2.05) is 67.6 Å². The predicted octanol–water partition coefficient (Wildman–Crippen LogP) is 5.74. The maximum atomic E-state index is 5.48. The van der Waals surface area contributed by atoms with Crippen LogP contribution in [0.2, 0.25) is 0 Å². The molecule has 4 aromatic rings. The number of hydrogen-bond donors (Lipinski definition) is 0. The fourth-order valence-corrected chi connectivity index (χ4v) is 3.61. The molecule has 0 aliphatic rings. The minimum atomic E-state index is -0.165. The summed E-state index contributed by atoms with van der Waals surface area (Å²) in [5, 5.41) is 13.5. The van der Waals surface area contributed by atoms with Gasteiger partial charge in [0.15, 0.2) is 5.82 Å². The van der Waals surface area contributed by atoms with Gasteiger partial charge in [-0.2, -0.15) is 4.98 Å². The van der Waals surface area contributed by atoms with Gasteiger partial charge in [0.05, 0.1) is 5.25 Å². The zero-order valence-electron chi connectivity index (χ0n) is 17.4. The molecule has 0 saturated heterocycles. The molecule has 7 heteroatoms. The average molecular weight is 418 g/mol. The molecule has 0 N–H and O–H groups in total. The molecule has 2 heterocycles. The van der Waals surface area contributed by atoms with Gasteiger partial charge < -0.3 is 4.52 Å². The Balaban J connectivity index is 1.67. The topological polar surface area (TPSA) is 77.6 Å². The van der Waals surface area contributed by atoms with Crippen molar-refractivity contribution in [2.24, 2.45) is 0 Å². The highest BCUT2D eigenvalue weighted by molar-refractivity contribution is 7.99. The van der Waals surface area contributed by atoms with Gasteiger partial charge in [-0.05, 0) is 6.92 Å². The number of benzene rings is 2. The highest BCUT2D eigenvalue weighted by Crippen LogP contribution is 2.35. The summed E-state index contributed by atoms with van der Waals surface area (Å²) in [5.74, 6) is 1.25. The first-order chi connectivity index (χ1) is 14.4. The molecule has 30 heavy (non-hydrogen) atoms. The van der Waals surface area contributed by atoms with E-state index in [0.717, 1.165) is 22.5 Å². The molecule has 0 radical (unpaired) electrons. The molecule has 0 aliphatic carbocycles. The first-order valence-corrected chi connectivity index (χ1v) is 10.7. The van der Waals surface area contributed by atoms with Crippen LogP contribution in [0.5, 0.6) is 0 Å². The van der Waals surface area contributed by atoms with Gasteiger partial charge in [0.2, 0.25) is 11.0 Å². The van der Waals surface area contributed by atoms with E-state index in [4.69, 9.17) is 9.51 Å². The molecule has 2 aromatic heterocycles. The lowest BCUT2D eigenvalue weighted by Gasteiger charge is -2.11. The van der Waals surface area contributed by atoms with Crippen LogP contribution in [0.25, 0.3) is 22.5 Å². The van der Waals surface area contributed by atoms with E-state index in [0.29, 0.717) is 16.9 Å². The van der Waals surface area contributed by atoms with Crippen LogP contribution in [-0.2, 0) is 5.41 Å². The second kappa shape index (κ2) is 8.36. The summed E-state index contributed by atoms with van der Waals surface area (Å²) in [6.45, 7) is 8.17. The van der Waals surface area contributed by atoms with Gasteiger partial charge in [-0.15, -0.1) is 10.2 Å². The first-order valence-electron chi connectivity index (χ1n) is 9.78. The monoisotopic (exact) mass is 417 g/mol. The number of nitrogens with zero attached hydrogens (tertiary/aromatic N) is 5. The van der Waals surface area contributed by atoms with Crippen molar-refractivity contribution < 1.29 is 4.52 Å². The van der Waals surface area contributed by atoms with Crippen molar-refractivity contribution in [2.45, 2.75) is 43.5 Å². The Morgan fingerprint density at radius 2 is 1.40 bits per heavy atom. The smallest absolute Gasteiger partial charge is 0.239 e. The van der Waals surface area contributed by atoms with E-state index in [-0.39, 0.29) is 10.7 Å². The molecule has 152 valence electrons. The Morgan fingerprint density at radius 1 is 0.800 bits per heavy atom.